The molecule has 36 atom stereocenters. The molecule has 10 aliphatic rings. The predicted octanol–water partition coefficient (Wildman–Crippen LogP) is 7.20. The molecule has 0 aromatic heterocycles. The van der Waals surface area contributed by atoms with Gasteiger partial charge in [-0.2, -0.15) is 0 Å². The monoisotopic (exact) mass is 1700 g/mol. The van der Waals surface area contributed by atoms with E-state index in [0.29, 0.717) is 116 Å². The van der Waals surface area contributed by atoms with Gasteiger partial charge in [-0.15, -0.1) is 11.8 Å². The van der Waals surface area contributed by atoms with Crippen LogP contribution in [-0.4, -0.2) is 210 Å². The molecule has 10 aliphatic heterocycles. The molecular weight excluding hydrogens is 1540 g/mol. The van der Waals surface area contributed by atoms with E-state index in [0.717, 1.165) is 38.5 Å². The van der Waals surface area contributed by atoms with E-state index in [1.807, 2.05) is 96.9 Å². The Morgan fingerprint density at radius 1 is 0.449 bits per heavy atom. The summed E-state index contributed by atoms with van der Waals surface area (Å²) in [5, 5.41) is 57.2. The summed E-state index contributed by atoms with van der Waals surface area (Å²) in [7, 11) is 0. The maximum absolute atomic E-state index is 14.5. The molecule has 0 aromatic rings. The molecule has 10 fully saturated rings. The third-order valence-electron chi connectivity index (χ3n) is 29.9. The van der Waals surface area contributed by atoms with E-state index in [2.05, 4.69) is 58.9 Å². The maximum Gasteiger partial charge on any atom is 1.00 e. The van der Waals surface area contributed by atoms with Crippen LogP contribution in [0.2, 0.25) is 0 Å². The number of esters is 3. The van der Waals surface area contributed by atoms with Crippen LogP contribution in [0.4, 0.5) is 0 Å². The Morgan fingerprint density at radius 3 is 1.16 bits per heavy atom. The standard InChI is InChI=1S/C44H73O11.C42H71O10.C4H6O3.2Na.2H2O/c1-12-32(24-45)34-16-15-25(4)39(52-34)29(8)37(47)28(7)38(48)33(13-2)40-26(5)23-27(6)43(53-40)20-18-36(51-31(10)46)44(55-43)22-21-41(11,54-44)35-17-19-42(49,14-3)30(9)50-35;1-11-30(23-43)32-15-14-24(4)37(49-32)28(8)35(45)27(7)36(46)31(12-2)38-25(5)22-26(6)41(50-38)19-16-33(44)42(52-41)21-20-39(10,51-42)34-17-18-40(47,13-3)29(9)48-34;1-3(5)7-4(2)6;;;;/h25-30,32-37,39-40,47,49H,12-23H2,1-11H3;24-35,37-38,44-45,47H,11-22H2,1-10H3;1-2H3;;;2*1H2/q2*-1;;2*+1;;/p-2/t25-,26-,27+,28-,29-,30-,32-,33-,34+,35+,36+,37+,39+,40-,41-,42+,43-,44-;24-,25-,26+,27-,28-,29-,30-,31-,32+,33+,34+,35+,37+,38-,39-,40+,41-,42-;;;;;/m00...../s1. The van der Waals surface area contributed by atoms with Crippen LogP contribution in [-0.2, 0) is 90.4 Å². The van der Waals surface area contributed by atoms with Crippen LogP contribution < -0.4 is 59.1 Å². The van der Waals surface area contributed by atoms with Gasteiger partial charge in [0.25, 0.3) is 0 Å². The molecule has 0 amide bonds. The van der Waals surface area contributed by atoms with Gasteiger partial charge >= 0.3 is 77.0 Å². The Labute approximate surface area is 749 Å². The molecule has 0 aromatic carbocycles. The number of aliphatic hydroxyl groups is 5. The van der Waals surface area contributed by atoms with Crippen LogP contribution in [0.3, 0.4) is 0 Å². The quantitative estimate of drug-likeness (QED) is 0.0261. The van der Waals surface area contributed by atoms with Crippen LogP contribution >= 0.6 is 0 Å². The van der Waals surface area contributed by atoms with Gasteiger partial charge in [-0.05, 0) is 167 Å². The van der Waals surface area contributed by atoms with Gasteiger partial charge in [0.15, 0.2) is 23.5 Å². The van der Waals surface area contributed by atoms with Crippen molar-refractivity contribution in [2.45, 2.75) is 444 Å². The van der Waals surface area contributed by atoms with E-state index in [9.17, 15) is 59.1 Å². The Balaban J connectivity index is 0.000000445. The van der Waals surface area contributed by atoms with Gasteiger partial charge < -0.3 is 103 Å². The molecule has 10 saturated heterocycles. The maximum atomic E-state index is 14.5. The molecule has 672 valence electrons. The predicted molar refractivity (Wildman–Crippen MR) is 429 cm³/mol. The second-order valence-corrected chi connectivity index (χ2v) is 37.7. The second-order valence-electron chi connectivity index (χ2n) is 37.7. The van der Waals surface area contributed by atoms with Gasteiger partial charge in [0, 0.05) is 106 Å². The molecule has 4 spiro atoms. The Kier molecular flexibility index (Phi) is 41.6. The van der Waals surface area contributed by atoms with E-state index in [-0.39, 0.29) is 190 Å². The van der Waals surface area contributed by atoms with Crippen LogP contribution in [0.1, 0.15) is 313 Å². The van der Waals surface area contributed by atoms with E-state index in [1.54, 1.807) is 0 Å². The average Bonchev–Trinajstić information content (AvgIpc) is 1.51. The zero-order chi connectivity index (χ0) is 84.9. The van der Waals surface area contributed by atoms with Crippen molar-refractivity contribution in [2.75, 3.05) is 0 Å². The van der Waals surface area contributed by atoms with E-state index in [1.165, 1.54) is 20.8 Å². The molecule has 10 rings (SSSR count). The second kappa shape index (κ2) is 45.0. The van der Waals surface area contributed by atoms with Crippen LogP contribution in [0, 0.1) is 82.9 Å². The topological polar surface area (TPSA) is 391 Å². The zero-order valence-electron chi connectivity index (χ0n) is 76.5. The van der Waals surface area contributed by atoms with Crippen LogP contribution in [0.5, 0.6) is 0 Å². The van der Waals surface area contributed by atoms with Gasteiger partial charge in [-0.1, -0.05) is 124 Å². The van der Waals surface area contributed by atoms with Gasteiger partial charge in [0.2, 0.25) is 5.79 Å². The van der Waals surface area contributed by atoms with Gasteiger partial charge in [-0.25, -0.2) is 0 Å². The number of Topliss-reactive ketones (excluding diaryl/α,β-unsaturated/α-hetero) is 2. The molecule has 0 radical (unpaired) electrons. The zero-order valence-corrected chi connectivity index (χ0v) is 80.5. The van der Waals surface area contributed by atoms with Crippen LogP contribution in [0.15, 0.2) is 0 Å². The summed E-state index contributed by atoms with van der Waals surface area (Å²) in [6.45, 7) is 43.9. The van der Waals surface area contributed by atoms with Crippen molar-refractivity contribution in [3.05, 3.63) is 0 Å². The number of ether oxygens (including phenoxy) is 12. The number of hydrogen-bond acceptors (Lipinski definition) is 26. The summed E-state index contributed by atoms with van der Waals surface area (Å²) in [5.41, 5.74) is -3.20. The van der Waals surface area contributed by atoms with Crippen molar-refractivity contribution in [3.63, 3.8) is 0 Å². The van der Waals surface area contributed by atoms with Gasteiger partial charge in [0.05, 0.1) is 83.4 Å². The smallest absolute Gasteiger partial charge is 0.870 e. The third kappa shape index (κ3) is 23.6. The fourth-order valence-electron chi connectivity index (χ4n) is 22.0. The molecule has 0 unspecified atom stereocenters. The van der Waals surface area contributed by atoms with E-state index < -0.39 is 124 Å². The summed E-state index contributed by atoms with van der Waals surface area (Å²) in [6.07, 6.45) is 12.9. The largest absolute Gasteiger partial charge is 1.00 e. The molecule has 118 heavy (non-hydrogen) atoms. The molecule has 7 N–H and O–H groups in total. The first-order chi connectivity index (χ1) is 53.4. The third-order valence-corrected chi connectivity index (χ3v) is 29.9. The van der Waals surface area contributed by atoms with E-state index >= 15 is 0 Å². The van der Waals surface area contributed by atoms with Crippen molar-refractivity contribution < 1.29 is 186 Å². The molecular formula is C90H152Na2O26-2. The number of hydrogen-bond donors (Lipinski definition) is 5. The number of rotatable bonds is 25. The summed E-state index contributed by atoms with van der Waals surface area (Å²) in [6, 6.07) is 0. The number of carbonyl (C=O) groups excluding carboxylic acids is 7. The molecule has 10 heterocycles. The first-order valence-electron chi connectivity index (χ1n) is 44.3. The minimum Gasteiger partial charge on any atom is -0.870 e. The summed E-state index contributed by atoms with van der Waals surface area (Å²) < 4.78 is 78.0. The molecule has 0 aliphatic carbocycles. The molecule has 0 saturated carbocycles. The first kappa shape index (κ1) is 109. The van der Waals surface area contributed by atoms with Crippen molar-refractivity contribution in [2.24, 2.45) is 82.9 Å². The van der Waals surface area contributed by atoms with Gasteiger partial charge in [0.1, 0.15) is 17.7 Å². The van der Waals surface area contributed by atoms with Crippen molar-refractivity contribution in [1.82, 2.24) is 0 Å². The SMILES string of the molecule is CC(=O)OC(C)=O.CC[C@@H]([C-]=O)[C@H]1CC[C@H](C)[C@H]([C@@H](C)[C@H](O)[C@H](C)C(=O)[C@H](CC)[C@H]2O[C@]3(CC[C@@H](O)[C@]4(CC[C@@](C)([C@H]5CC[C@](O)(CC)[C@H](C)O5)O4)O3)[C@H](C)C[C@@H]2C)O1.CC[C@@H]([C-]=O)[C@H]1CC[C@H](C)[C@H]([C@@H](C)[C@H](O)[C@H](C)C(=O)[C@H](CC)[C@H]2O[C@]3(CC[C@@H](OC(C)=O)[C@]4(CC[C@@](C)([C@H]5CC[C@](O)(CC)[C@H](C)O5)O4)O3)[C@H](C)C[C@@H]2C)O1.[Na+].[Na+].[OH-].[OH-]. The normalized spacial score (nSPS) is 42.2. The fraction of sp³-hybridized carbons (Fsp3) is 0.922. The first-order valence-corrected chi connectivity index (χ1v) is 44.3. The van der Waals surface area contributed by atoms with Crippen molar-refractivity contribution >= 4 is 42.0 Å². The number of ketones is 2. The average molecular weight is 1700 g/mol. The van der Waals surface area contributed by atoms with Crippen molar-refractivity contribution in [1.29, 1.82) is 0 Å². The number of carbonyl (C=O) groups is 5. The summed E-state index contributed by atoms with van der Waals surface area (Å²) in [5.74, 6) is -9.34. The summed E-state index contributed by atoms with van der Waals surface area (Å²) in [4.78, 5) is 84.3. The Bertz CT molecular complexity index is 3200. The van der Waals surface area contributed by atoms with Gasteiger partial charge in [-0.3, -0.25) is 36.5 Å². The van der Waals surface area contributed by atoms with Crippen LogP contribution in [0.25, 0.3) is 0 Å². The molecule has 28 heteroatoms. The fourth-order valence-corrected chi connectivity index (χ4v) is 22.0. The summed E-state index contributed by atoms with van der Waals surface area (Å²) >= 11 is 0. The Hall–Kier alpha value is -1.39. The van der Waals surface area contributed by atoms with Crippen molar-refractivity contribution in [3.8, 4) is 0 Å². The minimum absolute atomic E-state index is 0. The number of aliphatic hydroxyl groups excluding tert-OH is 3. The van der Waals surface area contributed by atoms with E-state index in [4.69, 9.17) is 52.1 Å². The minimum atomic E-state index is -1.28. The molecule has 0 bridgehead atoms. The Morgan fingerprint density at radius 2 is 0.822 bits per heavy atom. The molecule has 26 nitrogen and oxygen atoms in total.